The van der Waals surface area contributed by atoms with Gasteiger partial charge in [-0.1, -0.05) is 45.9 Å². The highest BCUT2D eigenvalue weighted by atomic mass is 16.5. The minimum absolute atomic E-state index is 0.0102. The van der Waals surface area contributed by atoms with Crippen molar-refractivity contribution in [1.29, 1.82) is 0 Å². The third-order valence-corrected chi connectivity index (χ3v) is 9.64. The van der Waals surface area contributed by atoms with E-state index < -0.39 is 69.0 Å². The Morgan fingerprint density at radius 2 is 1.73 bits per heavy atom. The summed E-state index contributed by atoms with van der Waals surface area (Å²) in [6, 6.07) is 10.4. The molecule has 2 aromatic carbocycles. The quantitative estimate of drug-likeness (QED) is 0.554. The molecule has 2 aromatic rings. The molecule has 40 heavy (non-hydrogen) atoms. The van der Waals surface area contributed by atoms with Crippen molar-refractivity contribution in [3.63, 3.8) is 0 Å². The molecule has 5 rings (SSSR count). The first kappa shape index (κ1) is 27.9. The molecule has 8 nitrogen and oxygen atoms in total. The maximum Gasteiger partial charge on any atom is 0.190 e. The van der Waals surface area contributed by atoms with Gasteiger partial charge >= 0.3 is 0 Å². The minimum atomic E-state index is -2.70. The lowest BCUT2D eigenvalue weighted by Gasteiger charge is -2.61. The second-order valence-corrected chi connectivity index (χ2v) is 12.5. The van der Waals surface area contributed by atoms with Gasteiger partial charge in [-0.05, 0) is 66.0 Å². The van der Waals surface area contributed by atoms with Crippen LogP contribution in [-0.2, 0) is 25.6 Å². The van der Waals surface area contributed by atoms with Gasteiger partial charge in [0, 0.05) is 11.3 Å². The molecular weight excluding hydrogens is 512 g/mol. The van der Waals surface area contributed by atoms with E-state index in [0.29, 0.717) is 16.9 Å². The number of ether oxygens (including phenoxy) is 1. The Morgan fingerprint density at radius 1 is 1.05 bits per heavy atom. The van der Waals surface area contributed by atoms with E-state index in [1.54, 1.807) is 46.9 Å². The summed E-state index contributed by atoms with van der Waals surface area (Å²) in [5.41, 5.74) is -3.37. The molecule has 210 valence electrons. The number of hydrogen-bond donors (Lipinski definition) is 2. The Kier molecular flexibility index (Phi) is 6.23. The fourth-order valence-electron chi connectivity index (χ4n) is 8.20. The fraction of sp³-hybridized carbons (Fsp3) is 0.469. The second kappa shape index (κ2) is 8.93. The number of ketones is 5. The SMILES string of the molecule is COc1cccc(-c2ccc(O)c3c2C[C@]2(C)C[C@]4(C)C(C(C)C)C(=O)C(C(C)=O)C(=O)[C@]4(O)C(=O)C2C3=O)c1. The first-order valence-corrected chi connectivity index (χ1v) is 13.5. The van der Waals surface area contributed by atoms with E-state index in [4.69, 9.17) is 4.74 Å². The van der Waals surface area contributed by atoms with Crippen molar-refractivity contribution in [2.75, 3.05) is 7.11 Å². The van der Waals surface area contributed by atoms with Crippen LogP contribution in [0.2, 0.25) is 0 Å². The highest BCUT2D eigenvalue weighted by Crippen LogP contribution is 2.64. The van der Waals surface area contributed by atoms with Crippen molar-refractivity contribution in [2.24, 2.45) is 34.5 Å². The van der Waals surface area contributed by atoms with Crippen molar-refractivity contribution in [3.8, 4) is 22.6 Å². The van der Waals surface area contributed by atoms with E-state index in [1.807, 2.05) is 18.2 Å². The maximum absolute atomic E-state index is 14.3. The van der Waals surface area contributed by atoms with E-state index in [1.165, 1.54) is 6.07 Å². The zero-order valence-electron chi connectivity index (χ0n) is 23.5. The van der Waals surface area contributed by atoms with Crippen molar-refractivity contribution in [1.82, 2.24) is 0 Å². The van der Waals surface area contributed by atoms with Crippen LogP contribution in [0.15, 0.2) is 36.4 Å². The molecule has 0 bridgehead atoms. The average molecular weight is 547 g/mol. The molecule has 0 radical (unpaired) electrons. The van der Waals surface area contributed by atoms with Crippen LogP contribution in [0.4, 0.5) is 0 Å². The third-order valence-electron chi connectivity index (χ3n) is 9.64. The molecule has 0 spiro atoms. The smallest absolute Gasteiger partial charge is 0.190 e. The topological polar surface area (TPSA) is 135 Å². The number of hydrogen-bond acceptors (Lipinski definition) is 8. The molecule has 3 unspecified atom stereocenters. The van der Waals surface area contributed by atoms with Gasteiger partial charge in [-0.3, -0.25) is 24.0 Å². The number of Topliss-reactive ketones (excluding diaryl/α,β-unsaturated/α-hetero) is 5. The molecule has 0 saturated heterocycles. The molecule has 0 aliphatic heterocycles. The summed E-state index contributed by atoms with van der Waals surface area (Å²) >= 11 is 0. The summed E-state index contributed by atoms with van der Waals surface area (Å²) in [5, 5.41) is 22.9. The van der Waals surface area contributed by atoms with Crippen molar-refractivity contribution < 1.29 is 38.9 Å². The molecule has 2 fully saturated rings. The highest BCUT2D eigenvalue weighted by Gasteiger charge is 2.76. The Morgan fingerprint density at radius 3 is 2.33 bits per heavy atom. The van der Waals surface area contributed by atoms with E-state index >= 15 is 0 Å². The first-order chi connectivity index (χ1) is 18.6. The largest absolute Gasteiger partial charge is 0.507 e. The summed E-state index contributed by atoms with van der Waals surface area (Å²) in [4.78, 5) is 68.3. The van der Waals surface area contributed by atoms with Gasteiger partial charge in [-0.25, -0.2) is 0 Å². The van der Waals surface area contributed by atoms with Gasteiger partial charge in [-0.15, -0.1) is 0 Å². The Labute approximate surface area is 232 Å². The van der Waals surface area contributed by atoms with E-state index in [9.17, 15) is 34.2 Å². The standard InChI is InChI=1S/C32H34O8/c1-15(2)24-26(35)22(16(3)33)28(37)32(39)29(38)25-27(36)23-20(13-30(25,4)14-31(24,32)5)19(10-11-21(23)34)17-8-7-9-18(12-17)40-6/h7-12,15,22,24-25,34,39H,13-14H2,1-6H3/t22?,24?,25?,30-,31-,32+/m1/s1. The zero-order valence-corrected chi connectivity index (χ0v) is 23.5. The van der Waals surface area contributed by atoms with Gasteiger partial charge in [0.15, 0.2) is 28.7 Å². The number of methoxy groups -OCH3 is 1. The number of fused-ring (bicyclic) bond motifs is 3. The van der Waals surface area contributed by atoms with Gasteiger partial charge in [0.1, 0.15) is 23.2 Å². The van der Waals surface area contributed by atoms with E-state index in [-0.39, 0.29) is 24.2 Å². The summed E-state index contributed by atoms with van der Waals surface area (Å²) in [6.45, 7) is 7.96. The molecule has 2 saturated carbocycles. The molecule has 0 aromatic heterocycles. The fourth-order valence-corrected chi connectivity index (χ4v) is 8.20. The molecule has 8 heteroatoms. The van der Waals surface area contributed by atoms with Crippen LogP contribution < -0.4 is 4.74 Å². The van der Waals surface area contributed by atoms with Crippen molar-refractivity contribution in [3.05, 3.63) is 47.5 Å². The van der Waals surface area contributed by atoms with E-state index in [2.05, 4.69) is 0 Å². The average Bonchev–Trinajstić information content (AvgIpc) is 2.86. The minimum Gasteiger partial charge on any atom is -0.507 e. The number of phenols is 1. The molecule has 2 N–H and O–H groups in total. The third kappa shape index (κ3) is 3.44. The van der Waals surface area contributed by atoms with E-state index in [0.717, 1.165) is 12.5 Å². The molecule has 6 atom stereocenters. The summed E-state index contributed by atoms with van der Waals surface area (Å²) in [5.74, 6) is -8.42. The van der Waals surface area contributed by atoms with Crippen LogP contribution in [-0.4, -0.2) is 51.8 Å². The van der Waals surface area contributed by atoms with Gasteiger partial charge in [0.25, 0.3) is 0 Å². The van der Waals surface area contributed by atoms with Gasteiger partial charge in [0.2, 0.25) is 0 Å². The number of phenolic OH excluding ortho intramolecular Hbond substituents is 1. The number of aromatic hydroxyl groups is 1. The normalized spacial score (nSPS) is 33.4. The number of carbonyl (C=O) groups excluding carboxylic acids is 5. The first-order valence-electron chi connectivity index (χ1n) is 13.5. The monoisotopic (exact) mass is 546 g/mol. The molecule has 0 amide bonds. The lowest BCUT2D eigenvalue weighted by atomic mass is 9.40. The summed E-state index contributed by atoms with van der Waals surface area (Å²) in [7, 11) is 1.55. The Hall–Kier alpha value is -3.65. The summed E-state index contributed by atoms with van der Waals surface area (Å²) < 4.78 is 5.37. The van der Waals surface area contributed by atoms with Crippen LogP contribution in [0.5, 0.6) is 11.5 Å². The lowest BCUT2D eigenvalue weighted by molar-refractivity contribution is -0.205. The summed E-state index contributed by atoms with van der Waals surface area (Å²) in [6.07, 6.45) is 0.191. The predicted molar refractivity (Wildman–Crippen MR) is 145 cm³/mol. The predicted octanol–water partition coefficient (Wildman–Crippen LogP) is 3.77. The molecule has 3 aliphatic rings. The number of benzene rings is 2. The zero-order chi connectivity index (χ0) is 29.5. The number of rotatable bonds is 4. The van der Waals surface area contributed by atoms with Crippen molar-refractivity contribution in [2.45, 2.75) is 53.1 Å². The van der Waals surface area contributed by atoms with Crippen LogP contribution in [0, 0.1) is 34.5 Å². The Bertz CT molecular complexity index is 1500. The second-order valence-electron chi connectivity index (χ2n) is 12.5. The molecular formula is C32H34O8. The maximum atomic E-state index is 14.3. The van der Waals surface area contributed by atoms with Crippen LogP contribution in [0.1, 0.15) is 57.0 Å². The van der Waals surface area contributed by atoms with Crippen LogP contribution in [0.25, 0.3) is 11.1 Å². The van der Waals surface area contributed by atoms with Gasteiger partial charge in [0.05, 0.1) is 18.6 Å². The number of carbonyl (C=O) groups is 5. The number of aliphatic hydroxyl groups is 1. The molecule has 3 aliphatic carbocycles. The van der Waals surface area contributed by atoms with Crippen molar-refractivity contribution >= 4 is 28.9 Å². The Balaban J connectivity index is 1.74. The van der Waals surface area contributed by atoms with Crippen LogP contribution in [0.3, 0.4) is 0 Å². The molecule has 0 heterocycles. The van der Waals surface area contributed by atoms with Crippen LogP contribution >= 0.6 is 0 Å². The lowest BCUT2D eigenvalue weighted by Crippen LogP contribution is -2.76. The van der Waals surface area contributed by atoms with Gasteiger partial charge in [-0.2, -0.15) is 0 Å². The van der Waals surface area contributed by atoms with Gasteiger partial charge < -0.3 is 14.9 Å². The highest BCUT2D eigenvalue weighted by molar-refractivity contribution is 6.32.